The van der Waals surface area contributed by atoms with Gasteiger partial charge < -0.3 is 9.64 Å². The van der Waals surface area contributed by atoms with Gasteiger partial charge >= 0.3 is 6.18 Å². The third-order valence-electron chi connectivity index (χ3n) is 6.70. The molecule has 0 aromatic carbocycles. The second kappa shape index (κ2) is 6.86. The molecule has 0 bridgehead atoms. The van der Waals surface area contributed by atoms with Gasteiger partial charge in [0.25, 0.3) is 0 Å². The summed E-state index contributed by atoms with van der Waals surface area (Å²) >= 11 is 0. The quantitative estimate of drug-likeness (QED) is 0.594. The van der Waals surface area contributed by atoms with Gasteiger partial charge in [-0.25, -0.2) is 14.6 Å². The first-order chi connectivity index (χ1) is 15.7. The van der Waals surface area contributed by atoms with Gasteiger partial charge in [-0.2, -0.15) is 18.3 Å². The molecule has 0 unspecified atom stereocenters. The number of fused-ring (bicyclic) bond motifs is 1. The smallest absolute Gasteiger partial charge is 0.377 e. The summed E-state index contributed by atoms with van der Waals surface area (Å²) in [5.41, 5.74) is 0.935. The Hall–Kier alpha value is -3.28. The normalized spacial score (nSPS) is 20.5. The highest BCUT2D eigenvalue weighted by molar-refractivity contribution is 6.01. The number of nitrogens with zero attached hydrogens (tertiary/aromatic N) is 7. The summed E-state index contributed by atoms with van der Waals surface area (Å²) in [5.74, 6) is 0.389. The topological polar surface area (TPSA) is 89.3 Å². The van der Waals surface area contributed by atoms with Crippen molar-refractivity contribution >= 4 is 28.6 Å². The Balaban J connectivity index is 1.23. The van der Waals surface area contributed by atoms with Gasteiger partial charge in [-0.05, 0) is 25.5 Å². The van der Waals surface area contributed by atoms with E-state index in [-0.39, 0.29) is 11.9 Å². The number of ether oxygens (including phenoxy) is 1. The van der Waals surface area contributed by atoms with E-state index in [1.807, 2.05) is 11.6 Å². The fourth-order valence-electron chi connectivity index (χ4n) is 4.76. The van der Waals surface area contributed by atoms with E-state index in [9.17, 15) is 18.0 Å². The predicted molar refractivity (Wildman–Crippen MR) is 111 cm³/mol. The van der Waals surface area contributed by atoms with Gasteiger partial charge in [-0.15, -0.1) is 0 Å². The number of hydrogen-bond donors (Lipinski definition) is 0. The monoisotopic (exact) mass is 459 g/mol. The van der Waals surface area contributed by atoms with Crippen LogP contribution in [0.3, 0.4) is 0 Å². The van der Waals surface area contributed by atoms with E-state index < -0.39 is 17.3 Å². The Bertz CT molecular complexity index is 1260. The van der Waals surface area contributed by atoms with Gasteiger partial charge in [0.15, 0.2) is 11.5 Å². The molecule has 0 saturated carbocycles. The van der Waals surface area contributed by atoms with Crippen molar-refractivity contribution in [1.82, 2.24) is 24.7 Å². The number of hydrogen-bond acceptors (Lipinski definition) is 7. The number of carbonyl (C=O) groups excluding carboxylic acids is 1. The van der Waals surface area contributed by atoms with Gasteiger partial charge in [0, 0.05) is 31.5 Å². The summed E-state index contributed by atoms with van der Waals surface area (Å²) in [7, 11) is 0. The fourth-order valence-corrected chi connectivity index (χ4v) is 4.76. The lowest BCUT2D eigenvalue weighted by Crippen LogP contribution is -2.60. The van der Waals surface area contributed by atoms with Crippen LogP contribution in [-0.4, -0.2) is 63.5 Å². The minimum atomic E-state index is -4.51. The summed E-state index contributed by atoms with van der Waals surface area (Å²) < 4.78 is 46.1. The Morgan fingerprint density at radius 2 is 2.00 bits per heavy atom. The lowest BCUT2D eigenvalue weighted by molar-refractivity contribution is -0.141. The molecule has 0 atom stereocenters. The van der Waals surface area contributed by atoms with Crippen LogP contribution in [0.1, 0.15) is 23.9 Å². The molecule has 0 radical (unpaired) electrons. The average Bonchev–Trinajstić information content (AvgIpc) is 3.22. The van der Waals surface area contributed by atoms with Gasteiger partial charge in [-0.3, -0.25) is 14.7 Å². The number of halogens is 3. The SMILES string of the molecule is Cc1nn(C2COC2)c2nc(N3CCC4(CN(c5ccnc(C(F)(F)F)c5)C4)C3=O)cnc12. The van der Waals surface area contributed by atoms with Crippen LogP contribution in [0.2, 0.25) is 0 Å². The number of alkyl halides is 3. The lowest BCUT2D eigenvalue weighted by atomic mass is 9.78. The Labute approximate surface area is 186 Å². The third-order valence-corrected chi connectivity index (χ3v) is 6.70. The molecule has 3 aromatic heterocycles. The molecule has 3 aromatic rings. The molecule has 33 heavy (non-hydrogen) atoms. The van der Waals surface area contributed by atoms with Crippen LogP contribution >= 0.6 is 0 Å². The maximum atomic E-state index is 13.3. The number of amides is 1. The van der Waals surface area contributed by atoms with Crippen molar-refractivity contribution in [3.8, 4) is 0 Å². The molecule has 1 spiro atoms. The van der Waals surface area contributed by atoms with Gasteiger partial charge in [0.2, 0.25) is 5.91 Å². The molecule has 172 valence electrons. The minimum absolute atomic E-state index is 0.0766. The summed E-state index contributed by atoms with van der Waals surface area (Å²) in [6, 6.07) is 2.66. The van der Waals surface area contributed by atoms with Gasteiger partial charge in [-0.1, -0.05) is 0 Å². The number of anilines is 2. The van der Waals surface area contributed by atoms with Crippen LogP contribution in [-0.2, 0) is 15.7 Å². The van der Waals surface area contributed by atoms with E-state index in [0.29, 0.717) is 61.9 Å². The largest absolute Gasteiger partial charge is 0.433 e. The van der Waals surface area contributed by atoms with E-state index in [1.165, 1.54) is 6.07 Å². The van der Waals surface area contributed by atoms with E-state index in [4.69, 9.17) is 9.72 Å². The van der Waals surface area contributed by atoms with E-state index >= 15 is 0 Å². The molecule has 3 fully saturated rings. The van der Waals surface area contributed by atoms with Crippen molar-refractivity contribution < 1.29 is 22.7 Å². The number of aryl methyl sites for hydroxylation is 1. The first kappa shape index (κ1) is 20.3. The maximum Gasteiger partial charge on any atom is 0.433 e. The maximum absolute atomic E-state index is 13.3. The molecule has 3 saturated heterocycles. The molecule has 3 aliphatic heterocycles. The zero-order chi connectivity index (χ0) is 23.0. The molecule has 0 aliphatic carbocycles. The highest BCUT2D eigenvalue weighted by atomic mass is 19.4. The minimum Gasteiger partial charge on any atom is -0.377 e. The van der Waals surface area contributed by atoms with E-state index in [2.05, 4.69) is 15.1 Å². The molecule has 9 nitrogen and oxygen atoms in total. The van der Waals surface area contributed by atoms with Crippen LogP contribution in [0.4, 0.5) is 24.7 Å². The van der Waals surface area contributed by atoms with Crippen molar-refractivity contribution in [2.75, 3.05) is 42.6 Å². The number of carbonyl (C=O) groups is 1. The highest BCUT2D eigenvalue weighted by Gasteiger charge is 2.55. The van der Waals surface area contributed by atoms with Gasteiger partial charge in [0.1, 0.15) is 17.3 Å². The van der Waals surface area contributed by atoms with Crippen LogP contribution < -0.4 is 9.80 Å². The van der Waals surface area contributed by atoms with Crippen LogP contribution in [0, 0.1) is 12.3 Å². The molecular formula is C21H20F3N7O2. The zero-order valence-corrected chi connectivity index (χ0v) is 17.7. The standard InChI is InChI=1S/C21H20F3N7O2/c1-12-17-18(31(28-12)14-8-33-9-14)27-16(7-26-17)30-5-3-20(19(30)32)10-29(11-20)13-2-4-25-15(6-13)21(22,23)24/h2,4,6-7,14H,3,5,8-11H2,1H3. The first-order valence-electron chi connectivity index (χ1n) is 10.6. The van der Waals surface area contributed by atoms with Crippen LogP contribution in [0.25, 0.3) is 11.2 Å². The Morgan fingerprint density at radius 1 is 1.21 bits per heavy atom. The molecule has 12 heteroatoms. The Kier molecular flexibility index (Phi) is 4.23. The second-order valence-corrected chi connectivity index (χ2v) is 8.86. The molecule has 6 heterocycles. The van der Waals surface area contributed by atoms with Crippen LogP contribution in [0.5, 0.6) is 0 Å². The molecule has 1 amide bonds. The Morgan fingerprint density at radius 3 is 2.70 bits per heavy atom. The number of aromatic nitrogens is 5. The van der Waals surface area contributed by atoms with Crippen molar-refractivity contribution in [2.24, 2.45) is 5.41 Å². The highest BCUT2D eigenvalue weighted by Crippen LogP contribution is 2.44. The van der Waals surface area contributed by atoms with E-state index in [1.54, 1.807) is 16.0 Å². The van der Waals surface area contributed by atoms with Crippen molar-refractivity contribution in [3.05, 3.63) is 35.9 Å². The number of pyridine rings is 1. The fraction of sp³-hybridized carbons (Fsp3) is 0.476. The summed E-state index contributed by atoms with van der Waals surface area (Å²) in [6.45, 7) is 4.20. The van der Waals surface area contributed by atoms with Crippen LogP contribution in [0.15, 0.2) is 24.5 Å². The third kappa shape index (κ3) is 3.07. The van der Waals surface area contributed by atoms with E-state index in [0.717, 1.165) is 18.0 Å². The summed E-state index contributed by atoms with van der Waals surface area (Å²) in [6.07, 6.45) is -1.17. The number of rotatable bonds is 3. The molecular weight excluding hydrogens is 439 g/mol. The molecule has 0 N–H and O–H groups in total. The van der Waals surface area contributed by atoms with Crippen molar-refractivity contribution in [3.63, 3.8) is 0 Å². The average molecular weight is 459 g/mol. The molecule has 3 aliphatic rings. The van der Waals surface area contributed by atoms with Crippen molar-refractivity contribution in [1.29, 1.82) is 0 Å². The predicted octanol–water partition coefficient (Wildman–Crippen LogP) is 2.36. The second-order valence-electron chi connectivity index (χ2n) is 8.86. The van der Waals surface area contributed by atoms with Crippen molar-refractivity contribution in [2.45, 2.75) is 25.6 Å². The first-order valence-corrected chi connectivity index (χ1v) is 10.6. The zero-order valence-electron chi connectivity index (χ0n) is 17.7. The lowest BCUT2D eigenvalue weighted by Gasteiger charge is -2.47. The van der Waals surface area contributed by atoms with Gasteiger partial charge in [0.05, 0.1) is 30.5 Å². The summed E-state index contributed by atoms with van der Waals surface area (Å²) in [5, 5.41) is 4.54. The summed E-state index contributed by atoms with van der Waals surface area (Å²) in [4.78, 5) is 29.4. The molecule has 6 rings (SSSR count).